The molecular formula is C24H29N3O7S2. The summed E-state index contributed by atoms with van der Waals surface area (Å²) >= 11 is 0. The van der Waals surface area contributed by atoms with Crippen LogP contribution in [-0.4, -0.2) is 59.3 Å². The summed E-state index contributed by atoms with van der Waals surface area (Å²) < 4.78 is 57.7. The summed E-state index contributed by atoms with van der Waals surface area (Å²) in [7, 11) is -7.46. The lowest BCUT2D eigenvalue weighted by molar-refractivity contribution is -0.146. The molecule has 2 N–H and O–H groups in total. The number of nitrogens with one attached hydrogen (secondary N) is 2. The van der Waals surface area contributed by atoms with Crippen LogP contribution in [0.4, 0.5) is 5.69 Å². The van der Waals surface area contributed by atoms with Crippen molar-refractivity contribution in [3.05, 3.63) is 65.1 Å². The van der Waals surface area contributed by atoms with Gasteiger partial charge in [-0.15, -0.1) is 0 Å². The molecule has 2 aromatic rings. The molecule has 10 nitrogen and oxygen atoms in total. The molecule has 1 aliphatic rings. The fourth-order valence-corrected chi connectivity index (χ4v) is 5.68. The van der Waals surface area contributed by atoms with Gasteiger partial charge in [0, 0.05) is 24.2 Å². The molecule has 1 aliphatic heterocycles. The van der Waals surface area contributed by atoms with E-state index in [1.807, 2.05) is 19.1 Å². The van der Waals surface area contributed by atoms with Crippen molar-refractivity contribution in [3.8, 4) is 0 Å². The average molecular weight is 536 g/mol. The molecular weight excluding hydrogens is 506 g/mol. The van der Waals surface area contributed by atoms with Crippen molar-refractivity contribution in [3.63, 3.8) is 0 Å². The van der Waals surface area contributed by atoms with Gasteiger partial charge in [-0.25, -0.2) is 21.6 Å². The molecule has 36 heavy (non-hydrogen) atoms. The molecule has 1 heterocycles. The number of nitrogens with zero attached hydrogens (tertiary/aromatic N) is 1. The number of piperidine rings is 1. The largest absolute Gasteiger partial charge is 0.455 e. The molecule has 0 aliphatic carbocycles. The first kappa shape index (κ1) is 27.5. The van der Waals surface area contributed by atoms with E-state index in [1.54, 1.807) is 12.1 Å². The van der Waals surface area contributed by atoms with Gasteiger partial charge >= 0.3 is 5.97 Å². The second-order valence-corrected chi connectivity index (χ2v) is 11.9. The number of benzene rings is 2. The zero-order chi connectivity index (χ0) is 26.2. The third kappa shape index (κ3) is 8.26. The van der Waals surface area contributed by atoms with Crippen molar-refractivity contribution in [2.45, 2.75) is 31.1 Å². The van der Waals surface area contributed by atoms with Crippen molar-refractivity contribution >= 4 is 43.7 Å². The highest BCUT2D eigenvalue weighted by Gasteiger charge is 2.25. The lowest BCUT2D eigenvalue weighted by atomic mass is 10.2. The van der Waals surface area contributed by atoms with Crippen molar-refractivity contribution in [1.82, 2.24) is 9.03 Å². The number of hydrogen-bond donors (Lipinski definition) is 2. The van der Waals surface area contributed by atoms with Crippen molar-refractivity contribution in [2.75, 3.05) is 31.6 Å². The van der Waals surface area contributed by atoms with Gasteiger partial charge in [-0.05, 0) is 55.7 Å². The number of carbonyl (C=O) groups excluding carboxylic acids is 2. The molecule has 0 saturated carbocycles. The number of carbonyl (C=O) groups is 2. The van der Waals surface area contributed by atoms with Crippen LogP contribution in [0.15, 0.2) is 58.8 Å². The Balaban J connectivity index is 1.43. The average Bonchev–Trinajstić information content (AvgIpc) is 2.87. The van der Waals surface area contributed by atoms with Crippen LogP contribution in [0.5, 0.6) is 0 Å². The van der Waals surface area contributed by atoms with Gasteiger partial charge in [0.05, 0.1) is 4.90 Å². The Labute approximate surface area is 211 Å². The minimum atomic E-state index is -3.88. The summed E-state index contributed by atoms with van der Waals surface area (Å²) in [4.78, 5) is 24.0. The first-order chi connectivity index (χ1) is 17.0. The van der Waals surface area contributed by atoms with Crippen LogP contribution in [0, 0.1) is 6.92 Å². The monoisotopic (exact) mass is 535 g/mol. The van der Waals surface area contributed by atoms with Crippen molar-refractivity contribution < 1.29 is 31.2 Å². The summed E-state index contributed by atoms with van der Waals surface area (Å²) in [6.07, 6.45) is 4.07. The van der Waals surface area contributed by atoms with Gasteiger partial charge < -0.3 is 10.1 Å². The predicted octanol–water partition coefficient (Wildman–Crippen LogP) is 2.24. The quantitative estimate of drug-likeness (QED) is 0.445. The van der Waals surface area contributed by atoms with Gasteiger partial charge in [-0.2, -0.15) is 4.31 Å². The number of anilines is 1. The van der Waals surface area contributed by atoms with Gasteiger partial charge in [0.15, 0.2) is 6.61 Å². The summed E-state index contributed by atoms with van der Waals surface area (Å²) in [6, 6.07) is 12.9. The molecule has 3 rings (SSSR count). The van der Waals surface area contributed by atoms with E-state index < -0.39 is 45.1 Å². The topological polar surface area (TPSA) is 139 Å². The van der Waals surface area contributed by atoms with Crippen LogP contribution in [0.1, 0.15) is 30.4 Å². The molecule has 1 amide bonds. The zero-order valence-corrected chi connectivity index (χ0v) is 21.5. The molecule has 0 radical (unpaired) electrons. The lowest BCUT2D eigenvalue weighted by Crippen LogP contribution is -2.35. The summed E-state index contributed by atoms with van der Waals surface area (Å²) in [5, 5.41) is 3.43. The third-order valence-electron chi connectivity index (χ3n) is 5.39. The Hall–Kier alpha value is -3.06. The standard InChI is InChI=1S/C24H29N3O7S2/c1-19-5-7-20(8-6-19)13-16-35(30,31)25-17-24(29)34-18-23(28)26-21-9-11-22(12-10-21)36(32,33)27-14-3-2-4-15-27/h5-13,16,25H,2-4,14-15,17-18H2,1H3,(H,26,28)/b16-13+. The van der Waals surface area contributed by atoms with Gasteiger partial charge in [-0.1, -0.05) is 36.2 Å². The molecule has 0 bridgehead atoms. The van der Waals surface area contributed by atoms with Crippen LogP contribution in [0.25, 0.3) is 6.08 Å². The minimum absolute atomic E-state index is 0.137. The second-order valence-electron chi connectivity index (χ2n) is 8.28. The summed E-state index contributed by atoms with van der Waals surface area (Å²) in [5.41, 5.74) is 2.05. The Bertz CT molecular complexity index is 1300. The predicted molar refractivity (Wildman–Crippen MR) is 136 cm³/mol. The number of rotatable bonds is 10. The normalized spacial score (nSPS) is 15.0. The maximum Gasteiger partial charge on any atom is 0.321 e. The number of hydrogen-bond acceptors (Lipinski definition) is 7. The second kappa shape index (κ2) is 12.3. The van der Waals surface area contributed by atoms with Crippen LogP contribution in [-0.2, 0) is 34.4 Å². The fraction of sp³-hybridized carbons (Fsp3) is 0.333. The van der Waals surface area contributed by atoms with E-state index in [4.69, 9.17) is 4.74 Å². The van der Waals surface area contributed by atoms with E-state index in [-0.39, 0.29) is 4.90 Å². The molecule has 0 spiro atoms. The van der Waals surface area contributed by atoms with Crippen LogP contribution in [0.3, 0.4) is 0 Å². The molecule has 0 atom stereocenters. The number of amides is 1. The number of aryl methyl sites for hydroxylation is 1. The molecule has 12 heteroatoms. The number of esters is 1. The third-order valence-corrected chi connectivity index (χ3v) is 8.34. The van der Waals surface area contributed by atoms with E-state index in [9.17, 15) is 26.4 Å². The molecule has 194 valence electrons. The van der Waals surface area contributed by atoms with E-state index >= 15 is 0 Å². The smallest absolute Gasteiger partial charge is 0.321 e. The van der Waals surface area contributed by atoms with E-state index in [0.29, 0.717) is 24.3 Å². The molecule has 1 fully saturated rings. The highest BCUT2D eigenvalue weighted by Crippen LogP contribution is 2.22. The first-order valence-electron chi connectivity index (χ1n) is 11.4. The Kier molecular flexibility index (Phi) is 9.37. The van der Waals surface area contributed by atoms with E-state index in [1.165, 1.54) is 34.6 Å². The van der Waals surface area contributed by atoms with Crippen LogP contribution >= 0.6 is 0 Å². The van der Waals surface area contributed by atoms with Gasteiger partial charge in [0.25, 0.3) is 5.91 Å². The highest BCUT2D eigenvalue weighted by molar-refractivity contribution is 7.92. The summed E-state index contributed by atoms with van der Waals surface area (Å²) in [5.74, 6) is -1.59. The maximum absolute atomic E-state index is 12.7. The SMILES string of the molecule is Cc1ccc(/C=C/S(=O)(=O)NCC(=O)OCC(=O)Nc2ccc(S(=O)(=O)N3CCCCC3)cc2)cc1. The van der Waals surface area contributed by atoms with Gasteiger partial charge in [-0.3, -0.25) is 9.59 Å². The lowest BCUT2D eigenvalue weighted by Gasteiger charge is -2.25. The Morgan fingerprint density at radius 3 is 2.22 bits per heavy atom. The van der Waals surface area contributed by atoms with Crippen LogP contribution in [0.2, 0.25) is 0 Å². The first-order valence-corrected chi connectivity index (χ1v) is 14.3. The highest BCUT2D eigenvalue weighted by atomic mass is 32.2. The maximum atomic E-state index is 12.7. The Morgan fingerprint density at radius 2 is 1.58 bits per heavy atom. The van der Waals surface area contributed by atoms with Gasteiger partial charge in [0.1, 0.15) is 6.54 Å². The number of ether oxygens (including phenoxy) is 1. The molecule has 0 aromatic heterocycles. The van der Waals surface area contributed by atoms with Gasteiger partial charge in [0.2, 0.25) is 20.0 Å². The summed E-state index contributed by atoms with van der Waals surface area (Å²) in [6.45, 7) is 1.62. The van der Waals surface area contributed by atoms with Crippen LogP contribution < -0.4 is 10.0 Å². The molecule has 0 unspecified atom stereocenters. The van der Waals surface area contributed by atoms with E-state index in [2.05, 4.69) is 10.0 Å². The zero-order valence-electron chi connectivity index (χ0n) is 19.8. The number of sulfonamides is 2. The Morgan fingerprint density at radius 1 is 0.944 bits per heavy atom. The molecule has 1 saturated heterocycles. The minimum Gasteiger partial charge on any atom is -0.455 e. The van der Waals surface area contributed by atoms with Crippen molar-refractivity contribution in [1.29, 1.82) is 0 Å². The fourth-order valence-electron chi connectivity index (χ4n) is 3.41. The van der Waals surface area contributed by atoms with E-state index in [0.717, 1.165) is 30.2 Å². The molecule has 2 aromatic carbocycles. The van der Waals surface area contributed by atoms with Crippen molar-refractivity contribution in [2.24, 2.45) is 0 Å².